The van der Waals surface area contributed by atoms with Gasteiger partial charge in [0.2, 0.25) is 0 Å². The second kappa shape index (κ2) is 11.4. The lowest BCUT2D eigenvalue weighted by Crippen LogP contribution is -2.16. The van der Waals surface area contributed by atoms with Gasteiger partial charge < -0.3 is 9.47 Å². The van der Waals surface area contributed by atoms with E-state index in [2.05, 4.69) is 157 Å². The van der Waals surface area contributed by atoms with Gasteiger partial charge in [0.1, 0.15) is 0 Å². The third kappa shape index (κ3) is 4.49. The Morgan fingerprint density at radius 1 is 0.696 bits per heavy atom. The van der Waals surface area contributed by atoms with Crippen LogP contribution in [-0.4, -0.2) is 4.57 Å². The van der Waals surface area contributed by atoms with Crippen LogP contribution in [0, 0.1) is 0 Å². The molecule has 2 heterocycles. The molecular weight excluding hydrogens is 556 g/mol. The minimum atomic E-state index is 0.384. The van der Waals surface area contributed by atoms with Crippen LogP contribution in [0.25, 0.3) is 46.1 Å². The highest BCUT2D eigenvalue weighted by Gasteiger charge is 2.26. The number of benzene rings is 5. The van der Waals surface area contributed by atoms with E-state index in [1.807, 2.05) is 18.2 Å². The Hall–Kier alpha value is -5.60. The number of fused-ring (bicyclic) bond motifs is 9. The van der Waals surface area contributed by atoms with Crippen molar-refractivity contribution in [2.45, 2.75) is 18.8 Å². The van der Waals surface area contributed by atoms with Crippen molar-refractivity contribution >= 4 is 57.5 Å². The Morgan fingerprint density at radius 3 is 2.17 bits per heavy atom. The zero-order valence-corrected chi connectivity index (χ0v) is 26.2. The summed E-state index contributed by atoms with van der Waals surface area (Å²) in [6.45, 7) is 8.16. The Kier molecular flexibility index (Phi) is 6.92. The lowest BCUT2D eigenvalue weighted by molar-refractivity contribution is 0.677. The van der Waals surface area contributed by atoms with Gasteiger partial charge in [0.25, 0.3) is 0 Å². The number of nitrogens with zero attached hydrogens (tertiary/aromatic N) is 2. The summed E-state index contributed by atoms with van der Waals surface area (Å²) < 4.78 is 2.43. The van der Waals surface area contributed by atoms with E-state index in [1.165, 1.54) is 60.8 Å². The Labute approximate surface area is 271 Å². The zero-order valence-electron chi connectivity index (χ0n) is 26.2. The molecule has 0 fully saturated rings. The van der Waals surface area contributed by atoms with Gasteiger partial charge in [0.15, 0.2) is 0 Å². The molecule has 0 N–H and O–H groups in total. The predicted molar refractivity (Wildman–Crippen MR) is 198 cm³/mol. The van der Waals surface area contributed by atoms with Gasteiger partial charge in [-0.2, -0.15) is 0 Å². The van der Waals surface area contributed by atoms with Crippen molar-refractivity contribution in [3.63, 3.8) is 0 Å². The molecule has 2 heteroatoms. The smallest absolute Gasteiger partial charge is 0.0583 e. The monoisotopic (exact) mass is 592 g/mol. The average Bonchev–Trinajstić information content (AvgIpc) is 3.27. The van der Waals surface area contributed by atoms with E-state index in [0.717, 1.165) is 29.9 Å². The summed E-state index contributed by atoms with van der Waals surface area (Å²) >= 11 is 0. The summed E-state index contributed by atoms with van der Waals surface area (Å²) in [6.07, 6.45) is 17.0. The third-order valence-corrected chi connectivity index (χ3v) is 9.72. The lowest BCUT2D eigenvalue weighted by Gasteiger charge is -2.28. The van der Waals surface area contributed by atoms with Gasteiger partial charge in [0.05, 0.1) is 22.4 Å². The van der Waals surface area contributed by atoms with Gasteiger partial charge in [-0.1, -0.05) is 135 Å². The van der Waals surface area contributed by atoms with Gasteiger partial charge in [-0.05, 0) is 70.9 Å². The number of aryl methyl sites for hydroxylation is 1. The minimum absolute atomic E-state index is 0.384. The number of anilines is 2. The summed E-state index contributed by atoms with van der Waals surface area (Å²) in [7, 11) is 2.23. The molecule has 0 saturated heterocycles. The summed E-state index contributed by atoms with van der Waals surface area (Å²) in [5, 5.41) is 2.55. The summed E-state index contributed by atoms with van der Waals surface area (Å²) in [6, 6.07) is 37.7. The topological polar surface area (TPSA) is 8.17 Å². The molecular formula is C44H36N2. The Bertz CT molecular complexity index is 2260. The normalized spacial score (nSPS) is 16.1. The molecule has 46 heavy (non-hydrogen) atoms. The Morgan fingerprint density at radius 2 is 1.37 bits per heavy atom. The van der Waals surface area contributed by atoms with Crippen LogP contribution in [-0.2, 0) is 19.9 Å². The standard InChI is InChI=1S/C44H36N2/c1-4-13-35(5-2)46-41-19-12-10-17-32(41)21-25-40-42(46)27-26-39-38-24-22-33-29-34(28-30-14-7-6-8-15-30)36-18-11-9-16-31(36)20-23-37(33)43(38)45(3)44(39)40/h4-27,34H,1-2,28-29H2,3H3/b23-20-,35-13+. The molecule has 0 saturated carbocycles. The molecule has 1 unspecified atom stereocenters. The van der Waals surface area contributed by atoms with E-state index >= 15 is 0 Å². The first-order valence-corrected chi connectivity index (χ1v) is 16.1. The van der Waals surface area contributed by atoms with Crippen LogP contribution < -0.4 is 4.90 Å². The van der Waals surface area contributed by atoms with Crippen molar-refractivity contribution in [2.24, 2.45) is 7.05 Å². The van der Waals surface area contributed by atoms with E-state index in [1.54, 1.807) is 0 Å². The van der Waals surface area contributed by atoms with Gasteiger partial charge in [0, 0.05) is 34.6 Å². The predicted octanol–water partition coefficient (Wildman–Crippen LogP) is 11.3. The van der Waals surface area contributed by atoms with E-state index in [4.69, 9.17) is 0 Å². The number of aromatic nitrogens is 1. The highest BCUT2D eigenvalue weighted by molar-refractivity contribution is 6.16. The van der Waals surface area contributed by atoms with Crippen molar-refractivity contribution in [3.05, 3.63) is 179 Å². The molecule has 1 atom stereocenters. The van der Waals surface area contributed by atoms with Gasteiger partial charge in [-0.3, -0.25) is 0 Å². The fourth-order valence-corrected chi connectivity index (χ4v) is 7.67. The number of hydrogen-bond donors (Lipinski definition) is 0. The maximum atomic E-state index is 4.17. The van der Waals surface area contributed by atoms with Crippen LogP contribution in [0.15, 0.2) is 140 Å². The van der Waals surface area contributed by atoms with Crippen LogP contribution in [0.4, 0.5) is 11.4 Å². The van der Waals surface area contributed by atoms with Crippen molar-refractivity contribution < 1.29 is 0 Å². The quantitative estimate of drug-likeness (QED) is 0.181. The SMILES string of the molecule is C=C/C=C(\C=C)N1c2ccccc2C=Cc2c1ccc1c3ccc4c(c3n(C)c21)/C=C\c1ccccc1C(Cc1ccccc1)C4. The second-order valence-corrected chi connectivity index (χ2v) is 12.3. The molecule has 1 aliphatic heterocycles. The Balaban J connectivity index is 1.36. The van der Waals surface area contributed by atoms with Crippen molar-refractivity contribution in [1.29, 1.82) is 0 Å². The molecule has 0 amide bonds. The number of rotatable bonds is 5. The largest absolute Gasteiger partial charge is 0.343 e. The van der Waals surface area contributed by atoms with E-state index < -0.39 is 0 Å². The molecule has 5 aromatic carbocycles. The molecule has 2 nitrogen and oxygen atoms in total. The van der Waals surface area contributed by atoms with Crippen LogP contribution in [0.1, 0.15) is 44.9 Å². The molecule has 1 aromatic heterocycles. The first-order valence-electron chi connectivity index (χ1n) is 16.1. The van der Waals surface area contributed by atoms with Crippen molar-refractivity contribution in [1.82, 2.24) is 4.57 Å². The van der Waals surface area contributed by atoms with Crippen molar-refractivity contribution in [3.8, 4) is 0 Å². The van der Waals surface area contributed by atoms with Crippen LogP contribution >= 0.6 is 0 Å². The highest BCUT2D eigenvalue weighted by Crippen LogP contribution is 2.45. The maximum Gasteiger partial charge on any atom is 0.0583 e. The van der Waals surface area contributed by atoms with E-state index in [-0.39, 0.29) is 0 Å². The molecule has 8 rings (SSSR count). The number of para-hydroxylation sites is 1. The molecule has 2 aliphatic rings. The summed E-state index contributed by atoms with van der Waals surface area (Å²) in [4.78, 5) is 2.31. The van der Waals surface area contributed by atoms with Crippen LogP contribution in [0.2, 0.25) is 0 Å². The second-order valence-electron chi connectivity index (χ2n) is 12.3. The molecule has 0 spiro atoms. The van der Waals surface area contributed by atoms with Crippen LogP contribution in [0.3, 0.4) is 0 Å². The average molecular weight is 593 g/mol. The third-order valence-electron chi connectivity index (χ3n) is 9.72. The molecule has 1 aliphatic carbocycles. The van der Waals surface area contributed by atoms with Crippen molar-refractivity contribution in [2.75, 3.05) is 4.90 Å². The minimum Gasteiger partial charge on any atom is -0.343 e. The fourth-order valence-electron chi connectivity index (χ4n) is 7.67. The summed E-state index contributed by atoms with van der Waals surface area (Å²) in [5.74, 6) is 0.384. The molecule has 0 radical (unpaired) electrons. The van der Waals surface area contributed by atoms with E-state index in [9.17, 15) is 0 Å². The fraction of sp³-hybridized carbons (Fsp3) is 0.0909. The highest BCUT2D eigenvalue weighted by atomic mass is 15.2. The van der Waals surface area contributed by atoms with Gasteiger partial charge in [-0.15, -0.1) is 0 Å². The van der Waals surface area contributed by atoms with E-state index in [0.29, 0.717) is 5.92 Å². The molecule has 0 bridgehead atoms. The molecule has 222 valence electrons. The first kappa shape index (κ1) is 27.9. The number of hydrogen-bond acceptors (Lipinski definition) is 1. The van der Waals surface area contributed by atoms with Gasteiger partial charge >= 0.3 is 0 Å². The van der Waals surface area contributed by atoms with Gasteiger partial charge in [-0.25, -0.2) is 0 Å². The van der Waals surface area contributed by atoms with Crippen LogP contribution in [0.5, 0.6) is 0 Å². The maximum absolute atomic E-state index is 4.17. The number of allylic oxidation sites excluding steroid dienone is 3. The lowest BCUT2D eigenvalue weighted by atomic mass is 9.81. The summed E-state index contributed by atoms with van der Waals surface area (Å²) in [5.41, 5.74) is 14.9. The molecule has 6 aromatic rings. The zero-order chi connectivity index (χ0) is 31.2. The first-order chi connectivity index (χ1) is 22.7.